The number of ketones is 1. The van der Waals surface area contributed by atoms with Crippen molar-refractivity contribution in [3.8, 4) is 0 Å². The smallest absolute Gasteiger partial charge is 0.299 e. The second kappa shape index (κ2) is 7.50. The van der Waals surface area contributed by atoms with Crippen LogP contribution in [-0.2, 0) is 16.7 Å². The molecule has 0 spiro atoms. The van der Waals surface area contributed by atoms with E-state index < -0.39 is 23.9 Å². The molecule has 0 saturated heterocycles. The van der Waals surface area contributed by atoms with Gasteiger partial charge in [0.1, 0.15) is 30.6 Å². The maximum atomic E-state index is 14.8. The number of nitrogens with two attached hydrogens (primary N) is 1. The second-order valence-corrected chi connectivity index (χ2v) is 8.04. The molecule has 1 fully saturated rings. The van der Waals surface area contributed by atoms with E-state index in [1.165, 1.54) is 12.1 Å². The van der Waals surface area contributed by atoms with Crippen molar-refractivity contribution in [1.29, 1.82) is 0 Å². The summed E-state index contributed by atoms with van der Waals surface area (Å²) in [6, 6.07) is 7.28. The summed E-state index contributed by atoms with van der Waals surface area (Å²) in [4.78, 5) is 20.7. The Morgan fingerprint density at radius 2 is 2.03 bits per heavy atom. The van der Waals surface area contributed by atoms with Crippen molar-refractivity contribution in [2.75, 3.05) is 13.2 Å². The highest BCUT2D eigenvalue weighted by molar-refractivity contribution is 5.95. The van der Waals surface area contributed by atoms with Gasteiger partial charge in [-0.2, -0.15) is 0 Å². The van der Waals surface area contributed by atoms with Crippen LogP contribution in [0.25, 0.3) is 0 Å². The molecule has 4 rings (SSSR count). The van der Waals surface area contributed by atoms with Crippen LogP contribution in [-0.4, -0.2) is 35.7 Å². The van der Waals surface area contributed by atoms with E-state index in [2.05, 4.69) is 9.98 Å². The summed E-state index contributed by atoms with van der Waals surface area (Å²) in [6.07, 6.45) is 3.87. The molecule has 158 valence electrons. The average molecular weight is 417 g/mol. The van der Waals surface area contributed by atoms with E-state index in [0.29, 0.717) is 11.5 Å². The molecular formula is C22H22F3N3O2. The summed E-state index contributed by atoms with van der Waals surface area (Å²) in [5.74, 6) is -4.23. The Labute approximate surface area is 172 Å². The standard InChI is InChI=1S/C22H22F3N3O2/c1-21(22(24,25)12-30-11-20(26)28-21)16-8-13(2-6-17(16)23)9-19(29)18-7-5-15(10-27-18)14-3-4-14/h2,5-8,10,14H,3-4,9,11-12H2,1H3,(H2,26,28)/t21-/m1/s1. The van der Waals surface area contributed by atoms with Crippen LogP contribution >= 0.6 is 0 Å². The van der Waals surface area contributed by atoms with Crippen LogP contribution in [0.15, 0.2) is 41.5 Å². The summed E-state index contributed by atoms with van der Waals surface area (Å²) >= 11 is 0. The van der Waals surface area contributed by atoms with Gasteiger partial charge in [0.15, 0.2) is 11.3 Å². The van der Waals surface area contributed by atoms with E-state index in [9.17, 15) is 18.0 Å². The second-order valence-electron chi connectivity index (χ2n) is 8.04. The van der Waals surface area contributed by atoms with E-state index in [0.717, 1.165) is 31.4 Å². The zero-order valence-electron chi connectivity index (χ0n) is 16.5. The molecule has 0 unspecified atom stereocenters. The monoisotopic (exact) mass is 417 g/mol. The van der Waals surface area contributed by atoms with Gasteiger partial charge in [0.2, 0.25) is 0 Å². The lowest BCUT2D eigenvalue weighted by molar-refractivity contribution is -0.116. The van der Waals surface area contributed by atoms with Gasteiger partial charge >= 0.3 is 0 Å². The average Bonchev–Trinajstić information content (AvgIpc) is 3.54. The van der Waals surface area contributed by atoms with Gasteiger partial charge in [-0.05, 0) is 55.0 Å². The van der Waals surface area contributed by atoms with Gasteiger partial charge in [0.25, 0.3) is 5.92 Å². The van der Waals surface area contributed by atoms with Crippen LogP contribution in [0.1, 0.15) is 52.9 Å². The van der Waals surface area contributed by atoms with Crippen LogP contribution in [0.3, 0.4) is 0 Å². The Kier molecular flexibility index (Phi) is 5.13. The van der Waals surface area contributed by atoms with E-state index >= 15 is 0 Å². The Balaban J connectivity index is 1.62. The molecule has 2 heterocycles. The number of hydrogen-bond donors (Lipinski definition) is 1. The third kappa shape index (κ3) is 3.84. The summed E-state index contributed by atoms with van der Waals surface area (Å²) in [5, 5.41) is 0. The van der Waals surface area contributed by atoms with Crippen molar-refractivity contribution in [2.24, 2.45) is 10.7 Å². The highest BCUT2D eigenvalue weighted by Gasteiger charge is 2.54. The van der Waals surface area contributed by atoms with Crippen LogP contribution < -0.4 is 5.73 Å². The molecule has 0 amide bonds. The molecule has 1 aliphatic carbocycles. The fraction of sp³-hybridized carbons (Fsp3) is 0.409. The summed E-state index contributed by atoms with van der Waals surface area (Å²) in [5.41, 5.74) is 4.86. The molecule has 1 saturated carbocycles. The molecule has 30 heavy (non-hydrogen) atoms. The Morgan fingerprint density at radius 1 is 1.27 bits per heavy atom. The lowest BCUT2D eigenvalue weighted by atomic mass is 9.84. The van der Waals surface area contributed by atoms with E-state index in [1.54, 1.807) is 12.3 Å². The normalized spacial score (nSPS) is 23.5. The molecule has 8 heteroatoms. The fourth-order valence-electron chi connectivity index (χ4n) is 3.64. The number of halogens is 3. The maximum Gasteiger partial charge on any atom is 0.299 e. The van der Waals surface area contributed by atoms with E-state index in [1.807, 2.05) is 6.07 Å². The van der Waals surface area contributed by atoms with Crippen LogP contribution in [0.4, 0.5) is 13.2 Å². The lowest BCUT2D eigenvalue weighted by Crippen LogP contribution is -2.45. The van der Waals surface area contributed by atoms with Gasteiger partial charge in [-0.3, -0.25) is 14.8 Å². The Hall–Kier alpha value is -2.74. The predicted octanol–water partition coefficient (Wildman–Crippen LogP) is 3.76. The first kappa shape index (κ1) is 20.5. The zero-order chi connectivity index (χ0) is 21.5. The van der Waals surface area contributed by atoms with Crippen molar-refractivity contribution in [1.82, 2.24) is 4.98 Å². The molecule has 2 N–H and O–H groups in total. The van der Waals surface area contributed by atoms with Crippen molar-refractivity contribution in [3.63, 3.8) is 0 Å². The van der Waals surface area contributed by atoms with Crippen LogP contribution in [0, 0.1) is 5.82 Å². The van der Waals surface area contributed by atoms with Crippen molar-refractivity contribution in [3.05, 3.63) is 64.7 Å². The summed E-state index contributed by atoms with van der Waals surface area (Å²) < 4.78 is 49.1. The first-order valence-electron chi connectivity index (χ1n) is 9.77. The SMILES string of the molecule is C[C@]1(c2cc(CC(=O)c3ccc(C4CC4)cn3)ccc2F)N=C(N)COCC1(F)F. The maximum absolute atomic E-state index is 14.8. The first-order chi connectivity index (χ1) is 14.2. The zero-order valence-corrected chi connectivity index (χ0v) is 16.5. The van der Waals surface area contributed by atoms with Crippen molar-refractivity contribution < 1.29 is 22.7 Å². The molecule has 5 nitrogen and oxygen atoms in total. The van der Waals surface area contributed by atoms with Gasteiger partial charge in [0, 0.05) is 18.2 Å². The number of carbonyl (C=O) groups is 1. The predicted molar refractivity (Wildman–Crippen MR) is 105 cm³/mol. The van der Waals surface area contributed by atoms with Gasteiger partial charge in [-0.1, -0.05) is 12.1 Å². The van der Waals surface area contributed by atoms with Crippen molar-refractivity contribution in [2.45, 2.75) is 43.6 Å². The minimum atomic E-state index is -3.49. The van der Waals surface area contributed by atoms with Gasteiger partial charge in [0.05, 0.1) is 0 Å². The van der Waals surface area contributed by atoms with Gasteiger partial charge in [-0.15, -0.1) is 0 Å². The molecule has 1 aromatic heterocycles. The molecule has 2 aromatic rings. The van der Waals surface area contributed by atoms with Crippen LogP contribution in [0.2, 0.25) is 0 Å². The number of carbonyl (C=O) groups excluding carboxylic acids is 1. The number of pyridine rings is 1. The largest absolute Gasteiger partial charge is 0.385 e. The molecule has 0 radical (unpaired) electrons. The Bertz CT molecular complexity index is 1000. The highest BCUT2D eigenvalue weighted by atomic mass is 19.3. The van der Waals surface area contributed by atoms with Gasteiger partial charge in [-0.25, -0.2) is 13.2 Å². The molecular weight excluding hydrogens is 395 g/mol. The minimum absolute atomic E-state index is 0.0968. The Morgan fingerprint density at radius 3 is 2.70 bits per heavy atom. The topological polar surface area (TPSA) is 77.6 Å². The molecule has 1 atom stereocenters. The molecule has 1 aliphatic heterocycles. The number of Topliss-reactive ketones (excluding diaryl/α,β-unsaturated/α-hetero) is 1. The number of ether oxygens (including phenoxy) is 1. The number of aliphatic imine (C=N–C) groups is 1. The van der Waals surface area contributed by atoms with Gasteiger partial charge < -0.3 is 10.5 Å². The number of alkyl halides is 2. The van der Waals surface area contributed by atoms with E-state index in [4.69, 9.17) is 10.5 Å². The quantitative estimate of drug-likeness (QED) is 0.752. The number of nitrogens with zero attached hydrogens (tertiary/aromatic N) is 2. The van der Waals surface area contributed by atoms with E-state index in [-0.39, 0.29) is 35.9 Å². The van der Waals surface area contributed by atoms with Crippen LogP contribution in [0.5, 0.6) is 0 Å². The molecule has 2 aliphatic rings. The first-order valence-corrected chi connectivity index (χ1v) is 9.77. The molecule has 1 aromatic carbocycles. The number of benzene rings is 1. The lowest BCUT2D eigenvalue weighted by Gasteiger charge is -2.33. The minimum Gasteiger partial charge on any atom is -0.385 e. The molecule has 0 bridgehead atoms. The number of aromatic nitrogens is 1. The third-order valence-corrected chi connectivity index (χ3v) is 5.65. The fourth-order valence-corrected chi connectivity index (χ4v) is 3.64. The number of amidine groups is 1. The summed E-state index contributed by atoms with van der Waals surface area (Å²) in [6.45, 7) is -0.0717. The number of rotatable bonds is 5. The summed E-state index contributed by atoms with van der Waals surface area (Å²) in [7, 11) is 0. The number of hydrogen-bond acceptors (Lipinski definition) is 5. The third-order valence-electron chi connectivity index (χ3n) is 5.65. The van der Waals surface area contributed by atoms with Crippen molar-refractivity contribution >= 4 is 11.6 Å². The highest BCUT2D eigenvalue weighted by Crippen LogP contribution is 2.44.